The first-order chi connectivity index (χ1) is 7.79. The first kappa shape index (κ1) is 15.8. The van der Waals surface area contributed by atoms with Crippen molar-refractivity contribution in [2.75, 3.05) is 0 Å². The van der Waals surface area contributed by atoms with Crippen molar-refractivity contribution in [1.82, 2.24) is 0 Å². The number of carbonyl (C=O) groups is 2. The molecule has 0 aromatic heterocycles. The van der Waals surface area contributed by atoms with E-state index in [4.69, 9.17) is 0 Å². The van der Waals surface area contributed by atoms with E-state index in [0.29, 0.717) is 11.1 Å². The van der Waals surface area contributed by atoms with Crippen LogP contribution in [0.15, 0.2) is 48.5 Å². The van der Waals surface area contributed by atoms with E-state index < -0.39 is 11.6 Å². The summed E-state index contributed by atoms with van der Waals surface area (Å²) in [6, 6.07) is 14.4. The first-order valence-corrected chi connectivity index (χ1v) is 5.06. The molecule has 0 saturated heterocycles. The Morgan fingerprint density at radius 2 is 0.778 bits per heavy atom. The maximum atomic E-state index is 11.8. The molecule has 0 saturated carbocycles. The van der Waals surface area contributed by atoms with E-state index in [9.17, 15) is 9.59 Å². The largest absolute Gasteiger partial charge is 0.285 e. The van der Waals surface area contributed by atoms with Gasteiger partial charge in [0.2, 0.25) is 11.6 Å². The average molecular weight is 254 g/mol. The van der Waals surface area contributed by atoms with Crippen LogP contribution in [-0.4, -0.2) is 70.7 Å². The van der Waals surface area contributed by atoms with Crippen LogP contribution >= 0.6 is 0 Å². The van der Waals surface area contributed by atoms with Crippen LogP contribution < -0.4 is 0 Å². The van der Waals surface area contributed by atoms with Gasteiger partial charge in [0.05, 0.1) is 0 Å². The zero-order valence-electron chi connectivity index (χ0n) is 10.4. The van der Waals surface area contributed by atoms with Crippen LogP contribution in [0.4, 0.5) is 0 Å². The molecule has 0 heterocycles. The minimum atomic E-state index is -0.408. The summed E-state index contributed by atoms with van der Waals surface area (Å²) in [5.41, 5.74) is 2.71. The predicted molar refractivity (Wildman–Crippen MR) is 72.0 cm³/mol. The Hall–Kier alpha value is -0.220. The van der Waals surface area contributed by atoms with Crippen LogP contribution in [0, 0.1) is 0 Å². The van der Waals surface area contributed by atoms with E-state index in [1.807, 2.05) is 24.3 Å². The molecule has 0 bridgehead atoms. The molecule has 0 atom stereocenters. The van der Waals surface area contributed by atoms with Crippen LogP contribution in [0.1, 0.15) is 20.7 Å². The summed E-state index contributed by atoms with van der Waals surface area (Å²) in [4.78, 5) is 23.7. The van der Waals surface area contributed by atoms with Crippen molar-refractivity contribution in [3.05, 3.63) is 59.7 Å². The second-order valence-electron chi connectivity index (χ2n) is 3.75. The molecule has 2 radical (unpaired) electrons. The molecular weight excluding hydrogens is 246 g/mol. The smallest absolute Gasteiger partial charge is 0.234 e. The Kier molecular flexibility index (Phi) is 5.53. The third kappa shape index (κ3) is 2.42. The summed E-state index contributed by atoms with van der Waals surface area (Å²) >= 11 is 0. The molecule has 3 rings (SSSR count). The van der Waals surface area contributed by atoms with Crippen molar-refractivity contribution in [2.45, 2.75) is 0 Å². The molecule has 0 spiro atoms. The molecule has 4 heteroatoms. The first-order valence-electron chi connectivity index (χ1n) is 5.06. The fourth-order valence-electron chi connectivity index (χ4n) is 2.08. The molecule has 0 unspecified atom stereocenters. The molecule has 2 aromatic carbocycles. The van der Waals surface area contributed by atoms with Gasteiger partial charge in [0, 0.05) is 70.2 Å². The van der Waals surface area contributed by atoms with E-state index in [1.54, 1.807) is 24.3 Å². The molecule has 1 aliphatic carbocycles. The zero-order valence-corrected chi connectivity index (χ0v) is 14.4. The second-order valence-corrected chi connectivity index (χ2v) is 3.75. The van der Waals surface area contributed by atoms with Crippen molar-refractivity contribution in [3.63, 3.8) is 0 Å². The number of benzene rings is 2. The third-order valence-corrected chi connectivity index (χ3v) is 2.84. The van der Waals surface area contributed by atoms with Gasteiger partial charge in [-0.1, -0.05) is 48.5 Å². The molecule has 0 N–H and O–H groups in total. The molecular formula is C14H8Na2O2. The van der Waals surface area contributed by atoms with E-state index in [1.165, 1.54) is 0 Å². The molecule has 2 nitrogen and oxygen atoms in total. The Bertz CT molecular complexity index is 565. The summed E-state index contributed by atoms with van der Waals surface area (Å²) in [7, 11) is 0. The Morgan fingerprint density at radius 3 is 1.11 bits per heavy atom. The molecule has 18 heavy (non-hydrogen) atoms. The number of fused-ring (bicyclic) bond motifs is 3. The monoisotopic (exact) mass is 254 g/mol. The number of carbonyl (C=O) groups excluding carboxylic acids is 2. The molecule has 0 aliphatic heterocycles. The molecule has 78 valence electrons. The molecule has 0 amide bonds. The molecule has 2 aromatic rings. The standard InChI is InChI=1S/C14H8O2.2Na/c15-13-11-7-3-1-5-9(11)10-6-2-4-8-12(10)14(13)16;;/h1-8H;;. The van der Waals surface area contributed by atoms with E-state index in [0.717, 1.165) is 11.1 Å². The SMILES string of the molecule is O=C1C(=O)c2ccccc2-c2ccccc21.[Na].[Na]. The summed E-state index contributed by atoms with van der Waals surface area (Å²) < 4.78 is 0. The Balaban J connectivity index is 0.000000810. The van der Waals surface area contributed by atoms with Crippen molar-refractivity contribution < 1.29 is 9.59 Å². The number of Topliss-reactive ketones (excluding diaryl/α,β-unsaturated/α-hetero) is 2. The maximum absolute atomic E-state index is 11.8. The van der Waals surface area contributed by atoms with E-state index >= 15 is 0 Å². The third-order valence-electron chi connectivity index (χ3n) is 2.84. The number of ketones is 2. The van der Waals surface area contributed by atoms with Gasteiger partial charge in [-0.15, -0.1) is 0 Å². The van der Waals surface area contributed by atoms with Gasteiger partial charge in [-0.2, -0.15) is 0 Å². The van der Waals surface area contributed by atoms with Crippen molar-refractivity contribution in [2.24, 2.45) is 0 Å². The minimum absolute atomic E-state index is 0. The topological polar surface area (TPSA) is 34.1 Å². The summed E-state index contributed by atoms with van der Waals surface area (Å²) in [6.07, 6.45) is 0. The normalized spacial score (nSPS) is 11.8. The number of hydrogen-bond donors (Lipinski definition) is 0. The number of rotatable bonds is 0. The molecule has 1 aliphatic rings. The van der Waals surface area contributed by atoms with Gasteiger partial charge in [-0.25, -0.2) is 0 Å². The fourth-order valence-corrected chi connectivity index (χ4v) is 2.08. The van der Waals surface area contributed by atoms with E-state index in [-0.39, 0.29) is 59.1 Å². The van der Waals surface area contributed by atoms with Crippen molar-refractivity contribution >= 4 is 70.7 Å². The van der Waals surface area contributed by atoms with Gasteiger partial charge in [0.15, 0.2) is 0 Å². The summed E-state index contributed by atoms with van der Waals surface area (Å²) in [6.45, 7) is 0. The second kappa shape index (κ2) is 6.29. The van der Waals surface area contributed by atoms with Crippen molar-refractivity contribution in [3.8, 4) is 11.1 Å². The van der Waals surface area contributed by atoms with Crippen LogP contribution in [0.25, 0.3) is 11.1 Å². The average Bonchev–Trinajstić information content (AvgIpc) is 2.36. The van der Waals surface area contributed by atoms with Gasteiger partial charge in [-0.05, 0) is 11.1 Å². The van der Waals surface area contributed by atoms with Crippen molar-refractivity contribution in [1.29, 1.82) is 0 Å². The van der Waals surface area contributed by atoms with Gasteiger partial charge < -0.3 is 0 Å². The van der Waals surface area contributed by atoms with Crippen LogP contribution in [0.3, 0.4) is 0 Å². The van der Waals surface area contributed by atoms with Crippen LogP contribution in [-0.2, 0) is 0 Å². The quantitative estimate of drug-likeness (QED) is 0.532. The zero-order chi connectivity index (χ0) is 11.1. The van der Waals surface area contributed by atoms with Crippen LogP contribution in [0.2, 0.25) is 0 Å². The molecule has 0 fully saturated rings. The van der Waals surface area contributed by atoms with Crippen LogP contribution in [0.5, 0.6) is 0 Å². The minimum Gasteiger partial charge on any atom is -0.285 e. The van der Waals surface area contributed by atoms with Gasteiger partial charge in [0.25, 0.3) is 0 Å². The van der Waals surface area contributed by atoms with Gasteiger partial charge in [0.1, 0.15) is 0 Å². The predicted octanol–water partition coefficient (Wildman–Crippen LogP) is 1.97. The summed E-state index contributed by atoms with van der Waals surface area (Å²) in [5, 5.41) is 0. The number of hydrogen-bond acceptors (Lipinski definition) is 2. The Morgan fingerprint density at radius 1 is 0.500 bits per heavy atom. The van der Waals surface area contributed by atoms with Gasteiger partial charge >= 0.3 is 0 Å². The Labute approximate surface area is 149 Å². The fraction of sp³-hybridized carbons (Fsp3) is 0. The van der Waals surface area contributed by atoms with Gasteiger partial charge in [-0.3, -0.25) is 9.59 Å². The van der Waals surface area contributed by atoms with E-state index in [2.05, 4.69) is 0 Å². The summed E-state index contributed by atoms with van der Waals surface area (Å²) in [5.74, 6) is -0.816. The maximum Gasteiger partial charge on any atom is 0.234 e.